The number of Topliss-reactive ketones (excluding diaryl/α,β-unsaturated/α-hetero) is 1. The highest BCUT2D eigenvalue weighted by Gasteiger charge is 2.75. The van der Waals surface area contributed by atoms with Gasteiger partial charge in [0.15, 0.2) is 17.1 Å². The number of aliphatic hydroxyl groups is 2. The van der Waals surface area contributed by atoms with Crippen LogP contribution in [0.1, 0.15) is 59.8 Å². The van der Waals surface area contributed by atoms with Gasteiger partial charge < -0.3 is 14.9 Å². The molecule has 0 saturated heterocycles. The van der Waals surface area contributed by atoms with Crippen molar-refractivity contribution in [3.8, 4) is 0 Å². The van der Waals surface area contributed by atoms with Gasteiger partial charge in [0.05, 0.1) is 6.10 Å². The van der Waals surface area contributed by atoms with E-state index in [0.29, 0.717) is 24.8 Å². The molecule has 0 bridgehead atoms. The normalized spacial score (nSPS) is 47.0. The number of hydrogen-bond acceptors (Lipinski definition) is 6. The molecule has 6 nitrogen and oxygen atoms in total. The number of ketones is 2. The van der Waals surface area contributed by atoms with Crippen molar-refractivity contribution in [2.45, 2.75) is 83.3 Å². The zero-order valence-electron chi connectivity index (χ0n) is 18.5. The Morgan fingerprint density at radius 2 is 1.94 bits per heavy atom. The summed E-state index contributed by atoms with van der Waals surface area (Å²) in [6.45, 7) is 6.07. The molecular weight excluding hydrogens is 403 g/mol. The lowest BCUT2D eigenvalue weighted by Crippen LogP contribution is -2.69. The van der Waals surface area contributed by atoms with E-state index >= 15 is 4.39 Å². The summed E-state index contributed by atoms with van der Waals surface area (Å²) in [6.07, 6.45) is 3.14. The third kappa shape index (κ3) is 2.65. The summed E-state index contributed by atoms with van der Waals surface area (Å²) < 4.78 is 22.7. The Bertz CT molecular complexity index is 908. The fourth-order valence-corrected chi connectivity index (χ4v) is 7.40. The minimum absolute atomic E-state index is 0.0823. The van der Waals surface area contributed by atoms with Gasteiger partial charge in [0.25, 0.3) is 0 Å². The molecule has 8 atom stereocenters. The van der Waals surface area contributed by atoms with Gasteiger partial charge in [-0.15, -0.1) is 0 Å². The van der Waals surface area contributed by atoms with E-state index in [2.05, 4.69) is 0 Å². The summed E-state index contributed by atoms with van der Waals surface area (Å²) in [6, 6.07) is 0. The third-order valence-electron chi connectivity index (χ3n) is 8.86. The number of carbonyl (C=O) groups excluding carboxylic acids is 3. The average molecular weight is 435 g/mol. The molecule has 2 N–H and O–H groups in total. The molecule has 170 valence electrons. The van der Waals surface area contributed by atoms with Crippen LogP contribution in [0.3, 0.4) is 0 Å². The molecule has 3 fully saturated rings. The highest BCUT2D eigenvalue weighted by Crippen LogP contribution is 2.70. The molecule has 0 aromatic rings. The first kappa shape index (κ1) is 22.3. The van der Waals surface area contributed by atoms with Crippen LogP contribution in [0.4, 0.5) is 4.39 Å². The molecule has 31 heavy (non-hydrogen) atoms. The zero-order valence-corrected chi connectivity index (χ0v) is 18.5. The van der Waals surface area contributed by atoms with Gasteiger partial charge >= 0.3 is 5.97 Å². The van der Waals surface area contributed by atoms with E-state index in [-0.39, 0.29) is 24.5 Å². The first-order valence-corrected chi connectivity index (χ1v) is 11.1. The average Bonchev–Trinajstić information content (AvgIpc) is 2.95. The lowest BCUT2D eigenvalue weighted by molar-refractivity contribution is -0.226. The van der Waals surface area contributed by atoms with Crippen molar-refractivity contribution in [2.75, 3.05) is 0 Å². The van der Waals surface area contributed by atoms with E-state index in [9.17, 15) is 24.6 Å². The number of aliphatic hydroxyl groups excluding tert-OH is 2. The van der Waals surface area contributed by atoms with Crippen LogP contribution in [0.15, 0.2) is 23.8 Å². The van der Waals surface area contributed by atoms with Crippen LogP contribution in [-0.2, 0) is 19.1 Å². The Hall–Kier alpha value is -1.86. The molecular formula is C24H31FO6. The smallest absolute Gasteiger partial charge is 0.303 e. The quantitative estimate of drug-likeness (QED) is 0.663. The zero-order chi connectivity index (χ0) is 23.0. The second-order valence-electron chi connectivity index (χ2n) is 10.3. The van der Waals surface area contributed by atoms with Gasteiger partial charge in [0.1, 0.15) is 6.10 Å². The number of ether oxygens (including phenoxy) is 1. The SMILES string of the molecule is CC(=O)O[C@@]1(C(=O)C(C)O)CC[C@H]2[C@@H]3CCC4=CC(=O)C=C[C@]4(C)[C@@]3(F)[C@@H](O)C[C@@]21C. The van der Waals surface area contributed by atoms with Crippen molar-refractivity contribution < 1.29 is 33.7 Å². The lowest BCUT2D eigenvalue weighted by atomic mass is 9.44. The van der Waals surface area contributed by atoms with E-state index in [4.69, 9.17) is 4.74 Å². The van der Waals surface area contributed by atoms with Crippen molar-refractivity contribution in [1.29, 1.82) is 0 Å². The van der Waals surface area contributed by atoms with Crippen molar-refractivity contribution in [2.24, 2.45) is 22.7 Å². The maximum Gasteiger partial charge on any atom is 0.303 e. The first-order valence-electron chi connectivity index (χ1n) is 11.1. The number of hydrogen-bond donors (Lipinski definition) is 2. The molecule has 0 radical (unpaired) electrons. The number of halogens is 1. The molecule has 4 rings (SSSR count). The van der Waals surface area contributed by atoms with Crippen LogP contribution >= 0.6 is 0 Å². The second kappa shape index (κ2) is 6.82. The molecule has 3 saturated carbocycles. The van der Waals surface area contributed by atoms with Crippen LogP contribution < -0.4 is 0 Å². The summed E-state index contributed by atoms with van der Waals surface area (Å²) in [5.74, 6) is -2.33. The van der Waals surface area contributed by atoms with Gasteiger partial charge in [-0.1, -0.05) is 18.6 Å². The van der Waals surface area contributed by atoms with Gasteiger partial charge in [0.2, 0.25) is 5.78 Å². The van der Waals surface area contributed by atoms with E-state index in [1.165, 1.54) is 26.0 Å². The minimum Gasteiger partial charge on any atom is -0.451 e. The van der Waals surface area contributed by atoms with Crippen LogP contribution in [-0.4, -0.2) is 51.2 Å². The second-order valence-corrected chi connectivity index (χ2v) is 10.3. The van der Waals surface area contributed by atoms with Crippen LogP contribution in [0.2, 0.25) is 0 Å². The van der Waals surface area contributed by atoms with Gasteiger partial charge in [-0.3, -0.25) is 14.4 Å². The molecule has 4 aliphatic rings. The maximum atomic E-state index is 17.0. The van der Waals surface area contributed by atoms with Gasteiger partial charge in [-0.2, -0.15) is 0 Å². The summed E-state index contributed by atoms with van der Waals surface area (Å²) in [4.78, 5) is 37.1. The highest BCUT2D eigenvalue weighted by atomic mass is 19.1. The molecule has 7 heteroatoms. The molecule has 0 amide bonds. The molecule has 4 aliphatic carbocycles. The topological polar surface area (TPSA) is 101 Å². The Morgan fingerprint density at radius 1 is 1.26 bits per heavy atom. The minimum atomic E-state index is -2.02. The van der Waals surface area contributed by atoms with E-state index < -0.39 is 52.0 Å². The lowest BCUT2D eigenvalue weighted by Gasteiger charge is -2.62. The maximum absolute atomic E-state index is 17.0. The van der Waals surface area contributed by atoms with Crippen LogP contribution in [0.25, 0.3) is 0 Å². The molecule has 1 unspecified atom stereocenters. The molecule has 0 spiro atoms. The summed E-state index contributed by atoms with van der Waals surface area (Å²) >= 11 is 0. The van der Waals surface area contributed by atoms with Crippen LogP contribution in [0.5, 0.6) is 0 Å². The number of fused-ring (bicyclic) bond motifs is 5. The fourth-order valence-electron chi connectivity index (χ4n) is 7.40. The van der Waals surface area contributed by atoms with Crippen molar-refractivity contribution in [1.82, 2.24) is 0 Å². The monoisotopic (exact) mass is 434 g/mol. The summed E-state index contributed by atoms with van der Waals surface area (Å²) in [5.41, 5.74) is -5.07. The highest BCUT2D eigenvalue weighted by molar-refractivity contribution is 6.01. The molecule has 0 aliphatic heterocycles. The number of alkyl halides is 1. The number of rotatable bonds is 3. The predicted octanol–water partition coefficient (Wildman–Crippen LogP) is 2.61. The Morgan fingerprint density at radius 3 is 2.55 bits per heavy atom. The van der Waals surface area contributed by atoms with Crippen molar-refractivity contribution in [3.63, 3.8) is 0 Å². The van der Waals surface area contributed by atoms with E-state index in [1.807, 2.05) is 0 Å². The fraction of sp³-hybridized carbons (Fsp3) is 0.708. The largest absolute Gasteiger partial charge is 0.451 e. The standard InChI is InChI=1S/C24H31FO6/c1-13(26)20(30)23(31-14(2)27)10-8-17-18-6-5-15-11-16(28)7-9-21(15,3)24(18,25)19(29)12-22(17,23)4/h7,9,11,13,17-19,26,29H,5-6,8,10,12H2,1-4H3/t13?,17-,18-,19-,21-,22-,23+,24-/m0/s1. The van der Waals surface area contributed by atoms with E-state index in [0.717, 1.165) is 0 Å². The summed E-state index contributed by atoms with van der Waals surface area (Å²) in [5, 5.41) is 21.4. The van der Waals surface area contributed by atoms with Crippen molar-refractivity contribution in [3.05, 3.63) is 23.8 Å². The Labute approximate surface area is 181 Å². The van der Waals surface area contributed by atoms with E-state index in [1.54, 1.807) is 19.9 Å². The molecule has 0 aromatic carbocycles. The summed E-state index contributed by atoms with van der Waals surface area (Å²) in [7, 11) is 0. The van der Waals surface area contributed by atoms with Gasteiger partial charge in [-0.05, 0) is 64.0 Å². The number of esters is 1. The van der Waals surface area contributed by atoms with Crippen LogP contribution in [0, 0.1) is 22.7 Å². The third-order valence-corrected chi connectivity index (χ3v) is 8.86. The Kier molecular flexibility index (Phi) is 4.91. The number of allylic oxidation sites excluding steroid dienone is 4. The van der Waals surface area contributed by atoms with Crippen molar-refractivity contribution >= 4 is 17.5 Å². The molecule has 0 heterocycles. The first-order chi connectivity index (χ1) is 14.3. The number of carbonyl (C=O) groups is 3. The molecule has 0 aromatic heterocycles. The Balaban J connectivity index is 1.83. The van der Waals surface area contributed by atoms with Gasteiger partial charge in [0, 0.05) is 23.7 Å². The van der Waals surface area contributed by atoms with Gasteiger partial charge in [-0.25, -0.2) is 4.39 Å². The predicted molar refractivity (Wildman–Crippen MR) is 110 cm³/mol.